The first-order valence-electron chi connectivity index (χ1n) is 9.46. The molecular weight excluding hydrogens is 330 g/mol. The summed E-state index contributed by atoms with van der Waals surface area (Å²) in [6.07, 6.45) is 3.15. The van der Waals surface area contributed by atoms with Crippen LogP contribution in [0.25, 0.3) is 0 Å². The highest BCUT2D eigenvalue weighted by Gasteiger charge is 2.29. The Labute approximate surface area is 154 Å². The van der Waals surface area contributed by atoms with Crippen molar-refractivity contribution in [3.63, 3.8) is 0 Å². The number of amides is 3. The third kappa shape index (κ3) is 4.06. The number of hydrogen-bond donors (Lipinski definition) is 1. The van der Waals surface area contributed by atoms with Crippen molar-refractivity contribution in [1.82, 2.24) is 4.90 Å². The fourth-order valence-electron chi connectivity index (χ4n) is 3.65. The molecule has 2 aliphatic heterocycles. The Bertz CT molecular complexity index is 684. The lowest BCUT2D eigenvalue weighted by atomic mass is 9.96. The number of anilines is 2. The number of hydrogen-bond acceptors (Lipinski definition) is 3. The fraction of sp³-hybridized carbons (Fsp3) is 0.550. The smallest absolute Gasteiger partial charge is 0.229 e. The van der Waals surface area contributed by atoms with Crippen LogP contribution in [0.4, 0.5) is 11.4 Å². The number of likely N-dealkylation sites (tertiary alicyclic amines) is 1. The van der Waals surface area contributed by atoms with Crippen LogP contribution in [0.1, 0.15) is 39.5 Å². The minimum Gasteiger partial charge on any atom is -0.342 e. The lowest BCUT2D eigenvalue weighted by Gasteiger charge is -2.33. The maximum Gasteiger partial charge on any atom is 0.229 e. The van der Waals surface area contributed by atoms with Gasteiger partial charge in [-0.1, -0.05) is 13.8 Å². The van der Waals surface area contributed by atoms with Crippen LogP contribution in [-0.2, 0) is 14.4 Å². The molecule has 0 spiro atoms. The molecule has 140 valence electrons. The molecule has 1 atom stereocenters. The molecule has 1 unspecified atom stereocenters. The summed E-state index contributed by atoms with van der Waals surface area (Å²) < 4.78 is 0. The first kappa shape index (κ1) is 18.4. The highest BCUT2D eigenvalue weighted by Crippen LogP contribution is 2.24. The molecule has 2 heterocycles. The quantitative estimate of drug-likeness (QED) is 0.901. The maximum absolute atomic E-state index is 12.6. The second kappa shape index (κ2) is 7.89. The van der Waals surface area contributed by atoms with Crippen LogP contribution in [0.5, 0.6) is 0 Å². The second-order valence-electron chi connectivity index (χ2n) is 7.46. The monoisotopic (exact) mass is 357 g/mol. The van der Waals surface area contributed by atoms with Crippen molar-refractivity contribution in [1.29, 1.82) is 0 Å². The summed E-state index contributed by atoms with van der Waals surface area (Å²) in [5, 5.41) is 2.95. The largest absolute Gasteiger partial charge is 0.342 e. The Morgan fingerprint density at radius 2 is 1.85 bits per heavy atom. The number of rotatable bonds is 4. The van der Waals surface area contributed by atoms with Gasteiger partial charge in [-0.15, -0.1) is 0 Å². The van der Waals surface area contributed by atoms with Gasteiger partial charge in [0.15, 0.2) is 0 Å². The lowest BCUT2D eigenvalue weighted by molar-refractivity contribution is -0.137. The zero-order valence-electron chi connectivity index (χ0n) is 15.5. The predicted molar refractivity (Wildman–Crippen MR) is 101 cm³/mol. The van der Waals surface area contributed by atoms with Crippen molar-refractivity contribution >= 4 is 29.1 Å². The molecule has 0 saturated carbocycles. The van der Waals surface area contributed by atoms with Crippen molar-refractivity contribution in [2.75, 3.05) is 29.9 Å². The summed E-state index contributed by atoms with van der Waals surface area (Å²) >= 11 is 0. The fourth-order valence-corrected chi connectivity index (χ4v) is 3.65. The van der Waals surface area contributed by atoms with Crippen LogP contribution in [0.3, 0.4) is 0 Å². The molecule has 3 amide bonds. The summed E-state index contributed by atoms with van der Waals surface area (Å²) in [6.45, 7) is 5.76. The minimum absolute atomic E-state index is 0.0438. The molecule has 3 rings (SSSR count). The van der Waals surface area contributed by atoms with Crippen molar-refractivity contribution in [3.05, 3.63) is 24.3 Å². The highest BCUT2D eigenvalue weighted by atomic mass is 16.2. The van der Waals surface area contributed by atoms with Crippen LogP contribution >= 0.6 is 0 Å². The molecule has 0 aliphatic carbocycles. The van der Waals surface area contributed by atoms with E-state index in [4.69, 9.17) is 0 Å². The minimum atomic E-state index is -0.175. The van der Waals surface area contributed by atoms with Gasteiger partial charge in [0.2, 0.25) is 17.7 Å². The van der Waals surface area contributed by atoms with Crippen molar-refractivity contribution in [2.24, 2.45) is 11.8 Å². The zero-order valence-corrected chi connectivity index (χ0v) is 15.5. The molecule has 2 fully saturated rings. The Balaban J connectivity index is 1.59. The number of piperidine rings is 1. The number of carbonyl (C=O) groups is 3. The van der Waals surface area contributed by atoms with E-state index in [-0.39, 0.29) is 29.6 Å². The van der Waals surface area contributed by atoms with E-state index in [1.807, 2.05) is 38.1 Å². The standard InChI is InChI=1S/C20H27N3O3/c1-14(2)20(26)22-11-3-5-15(13-22)19(25)21-16-7-9-17(10-8-16)23-12-4-6-18(23)24/h7-10,14-15H,3-6,11-13H2,1-2H3,(H,21,25). The molecule has 6 nitrogen and oxygen atoms in total. The van der Waals surface area contributed by atoms with E-state index in [1.54, 1.807) is 9.80 Å². The average Bonchev–Trinajstić information content (AvgIpc) is 3.07. The molecule has 2 aliphatic rings. The molecule has 1 aromatic carbocycles. The summed E-state index contributed by atoms with van der Waals surface area (Å²) in [4.78, 5) is 40.1. The second-order valence-corrected chi connectivity index (χ2v) is 7.46. The molecular formula is C20H27N3O3. The van der Waals surface area contributed by atoms with Crippen LogP contribution in [0, 0.1) is 11.8 Å². The van der Waals surface area contributed by atoms with Gasteiger partial charge >= 0.3 is 0 Å². The van der Waals surface area contributed by atoms with Gasteiger partial charge in [0.05, 0.1) is 5.92 Å². The number of nitrogens with one attached hydrogen (secondary N) is 1. The molecule has 26 heavy (non-hydrogen) atoms. The van der Waals surface area contributed by atoms with Gasteiger partial charge in [0.1, 0.15) is 0 Å². The van der Waals surface area contributed by atoms with Crippen molar-refractivity contribution in [2.45, 2.75) is 39.5 Å². The van der Waals surface area contributed by atoms with E-state index in [0.717, 1.165) is 43.7 Å². The topological polar surface area (TPSA) is 69.7 Å². The normalized spacial score (nSPS) is 20.6. The van der Waals surface area contributed by atoms with Crippen molar-refractivity contribution < 1.29 is 14.4 Å². The maximum atomic E-state index is 12.6. The summed E-state index contributed by atoms with van der Waals surface area (Å²) in [7, 11) is 0. The molecule has 1 aromatic rings. The van der Waals surface area contributed by atoms with E-state index in [2.05, 4.69) is 5.32 Å². The van der Waals surface area contributed by atoms with Gasteiger partial charge in [-0.05, 0) is 43.5 Å². The van der Waals surface area contributed by atoms with E-state index >= 15 is 0 Å². The number of benzene rings is 1. The van der Waals surface area contributed by atoms with Gasteiger partial charge in [0, 0.05) is 43.3 Å². The van der Waals surface area contributed by atoms with E-state index in [1.165, 1.54) is 0 Å². The van der Waals surface area contributed by atoms with E-state index < -0.39 is 0 Å². The molecule has 0 aromatic heterocycles. The molecule has 1 N–H and O–H groups in total. The van der Waals surface area contributed by atoms with Gasteiger partial charge < -0.3 is 15.1 Å². The highest BCUT2D eigenvalue weighted by molar-refractivity contribution is 5.96. The Kier molecular flexibility index (Phi) is 5.59. The Hall–Kier alpha value is -2.37. The zero-order chi connectivity index (χ0) is 18.7. The lowest BCUT2D eigenvalue weighted by Crippen LogP contribution is -2.45. The van der Waals surface area contributed by atoms with E-state index in [9.17, 15) is 14.4 Å². The van der Waals surface area contributed by atoms with Gasteiger partial charge in [-0.2, -0.15) is 0 Å². The first-order valence-corrected chi connectivity index (χ1v) is 9.46. The summed E-state index contributed by atoms with van der Waals surface area (Å²) in [5.74, 6) is 0.00114. The predicted octanol–water partition coefficient (Wildman–Crippen LogP) is 2.65. The summed E-state index contributed by atoms with van der Waals surface area (Å²) in [5.41, 5.74) is 1.59. The van der Waals surface area contributed by atoms with E-state index in [0.29, 0.717) is 13.0 Å². The van der Waals surface area contributed by atoms with Gasteiger partial charge in [-0.25, -0.2) is 0 Å². The third-order valence-electron chi connectivity index (χ3n) is 5.12. The number of nitrogens with zero attached hydrogens (tertiary/aromatic N) is 2. The average molecular weight is 357 g/mol. The van der Waals surface area contributed by atoms with Gasteiger partial charge in [-0.3, -0.25) is 14.4 Å². The van der Waals surface area contributed by atoms with Crippen LogP contribution in [0.15, 0.2) is 24.3 Å². The molecule has 2 saturated heterocycles. The van der Waals surface area contributed by atoms with Crippen LogP contribution in [-0.4, -0.2) is 42.3 Å². The van der Waals surface area contributed by atoms with Crippen LogP contribution < -0.4 is 10.2 Å². The first-order chi connectivity index (χ1) is 12.5. The molecule has 6 heteroatoms. The van der Waals surface area contributed by atoms with Crippen LogP contribution in [0.2, 0.25) is 0 Å². The summed E-state index contributed by atoms with van der Waals surface area (Å²) in [6, 6.07) is 7.40. The molecule has 0 bridgehead atoms. The third-order valence-corrected chi connectivity index (χ3v) is 5.12. The Morgan fingerprint density at radius 1 is 1.12 bits per heavy atom. The molecule has 0 radical (unpaired) electrons. The SMILES string of the molecule is CC(C)C(=O)N1CCCC(C(=O)Nc2ccc(N3CCCC3=O)cc2)C1. The number of carbonyl (C=O) groups excluding carboxylic acids is 3. The van der Waals surface area contributed by atoms with Gasteiger partial charge in [0.25, 0.3) is 0 Å². The Morgan fingerprint density at radius 3 is 2.46 bits per heavy atom. The van der Waals surface area contributed by atoms with Crippen molar-refractivity contribution in [3.8, 4) is 0 Å².